The third kappa shape index (κ3) is 4.15. The van der Waals surface area contributed by atoms with Crippen LogP contribution in [0.2, 0.25) is 0 Å². The lowest BCUT2D eigenvalue weighted by Gasteiger charge is -1.92. The highest BCUT2D eigenvalue weighted by Gasteiger charge is 2.08. The normalized spacial score (nSPS) is 12.3. The minimum Gasteiger partial charge on any atom is -0.465 e. The molecule has 0 aliphatic carbocycles. The molecular weight excluding hydrogens is 214 g/mol. The van der Waals surface area contributed by atoms with Crippen molar-refractivity contribution in [3.05, 3.63) is 33.7 Å². The van der Waals surface area contributed by atoms with Crippen molar-refractivity contribution in [3.63, 3.8) is 0 Å². The van der Waals surface area contributed by atoms with Gasteiger partial charge in [-0.3, -0.25) is 15.1 Å². The lowest BCUT2D eigenvalue weighted by atomic mass is 10.3. The van der Waals surface area contributed by atoms with E-state index < -0.39 is 10.9 Å². The van der Waals surface area contributed by atoms with Crippen LogP contribution in [0, 0.1) is 21.4 Å². The van der Waals surface area contributed by atoms with E-state index in [-0.39, 0.29) is 11.3 Å². The second-order valence-corrected chi connectivity index (χ2v) is 2.39. The van der Waals surface area contributed by atoms with Crippen LogP contribution in [0.4, 0.5) is 0 Å². The van der Waals surface area contributed by atoms with Crippen molar-refractivity contribution < 1.29 is 14.5 Å². The number of carbonyl (C=O) groups is 1. The average Bonchev–Trinajstić information content (AvgIpc) is 2.28. The number of rotatable bonds is 4. The van der Waals surface area contributed by atoms with E-state index in [9.17, 15) is 14.9 Å². The Morgan fingerprint density at radius 3 is 2.62 bits per heavy atom. The highest BCUT2D eigenvalue weighted by molar-refractivity contribution is 5.92. The molecule has 0 aliphatic heterocycles. The number of nitrogens with zero attached hydrogens (tertiary/aromatic N) is 3. The summed E-state index contributed by atoms with van der Waals surface area (Å²) >= 11 is 0. The minimum absolute atomic E-state index is 0.238. The van der Waals surface area contributed by atoms with Crippen LogP contribution in [-0.2, 0) is 9.53 Å². The second kappa shape index (κ2) is 6.89. The molecule has 0 heterocycles. The van der Waals surface area contributed by atoms with E-state index in [1.807, 2.05) is 0 Å². The predicted molar refractivity (Wildman–Crippen MR) is 55.0 cm³/mol. The summed E-state index contributed by atoms with van der Waals surface area (Å²) in [6.45, 7) is 1.47. The Hall–Kier alpha value is -2.49. The lowest BCUT2D eigenvalue weighted by Crippen LogP contribution is -2.03. The lowest BCUT2D eigenvalue weighted by molar-refractivity contribution is -0.414. The molecule has 0 amide bonds. The molecule has 0 unspecified atom stereocenters. The van der Waals surface area contributed by atoms with Gasteiger partial charge in [0.2, 0.25) is 0 Å². The van der Waals surface area contributed by atoms with Crippen molar-refractivity contribution >= 4 is 12.2 Å². The van der Waals surface area contributed by atoms with Crippen molar-refractivity contribution in [1.29, 1.82) is 5.26 Å². The molecule has 84 valence electrons. The summed E-state index contributed by atoms with van der Waals surface area (Å²) < 4.78 is 4.28. The summed E-state index contributed by atoms with van der Waals surface area (Å²) in [6, 6.07) is 1.56. The molecule has 0 saturated carbocycles. The highest BCUT2D eigenvalue weighted by atomic mass is 16.6. The Bertz CT molecular complexity index is 415. The first kappa shape index (κ1) is 13.5. The molecule has 0 radical (unpaired) electrons. The molecule has 0 saturated heterocycles. The topological polar surface area (TPSA) is 106 Å². The molecule has 16 heavy (non-hydrogen) atoms. The van der Waals surface area contributed by atoms with Gasteiger partial charge in [0.05, 0.1) is 18.2 Å². The summed E-state index contributed by atoms with van der Waals surface area (Å²) in [4.78, 5) is 24.1. The van der Waals surface area contributed by atoms with Crippen LogP contribution in [0.3, 0.4) is 0 Å². The standard InChI is InChI=1S/C9H9N3O4/c1-3-8(12(14)15)6-11-5-7(4-10)9(13)16-2/h3,5-6H,1-2H3/b7-5-,8-3+,11-6-. The van der Waals surface area contributed by atoms with Crippen LogP contribution in [-0.4, -0.2) is 24.2 Å². The molecule has 0 spiro atoms. The van der Waals surface area contributed by atoms with Gasteiger partial charge in [-0.1, -0.05) is 0 Å². The van der Waals surface area contributed by atoms with Crippen LogP contribution in [0.25, 0.3) is 0 Å². The van der Waals surface area contributed by atoms with Gasteiger partial charge in [-0.25, -0.2) is 4.79 Å². The predicted octanol–water partition coefficient (Wildman–Crippen LogP) is 0.818. The van der Waals surface area contributed by atoms with E-state index in [4.69, 9.17) is 5.26 Å². The van der Waals surface area contributed by atoms with Gasteiger partial charge in [-0.05, 0) is 13.0 Å². The van der Waals surface area contributed by atoms with Crippen LogP contribution < -0.4 is 0 Å². The van der Waals surface area contributed by atoms with Crippen molar-refractivity contribution in [2.24, 2.45) is 4.99 Å². The fourth-order valence-electron chi connectivity index (χ4n) is 0.652. The van der Waals surface area contributed by atoms with E-state index >= 15 is 0 Å². The number of esters is 1. The van der Waals surface area contributed by atoms with Crippen LogP contribution in [0.5, 0.6) is 0 Å². The van der Waals surface area contributed by atoms with Gasteiger partial charge in [0, 0.05) is 0 Å². The first-order valence-electron chi connectivity index (χ1n) is 4.09. The zero-order valence-electron chi connectivity index (χ0n) is 8.71. The van der Waals surface area contributed by atoms with E-state index in [0.717, 1.165) is 19.5 Å². The third-order valence-electron chi connectivity index (χ3n) is 1.44. The number of allylic oxidation sites excluding steroid dienone is 2. The number of carbonyl (C=O) groups excluding carboxylic acids is 1. The SMILES string of the molecule is C\C=C(/C=N\C=C(\C#N)C(=O)OC)[N+](=O)[O-]. The highest BCUT2D eigenvalue weighted by Crippen LogP contribution is 1.97. The van der Waals surface area contributed by atoms with Crippen molar-refractivity contribution in [2.75, 3.05) is 7.11 Å². The van der Waals surface area contributed by atoms with Crippen molar-refractivity contribution in [1.82, 2.24) is 0 Å². The molecule has 0 rings (SSSR count). The number of nitro groups is 1. The number of hydrogen-bond acceptors (Lipinski definition) is 6. The molecule has 0 bridgehead atoms. The molecule has 0 atom stereocenters. The van der Waals surface area contributed by atoms with Gasteiger partial charge in [0.25, 0.3) is 5.70 Å². The summed E-state index contributed by atoms with van der Waals surface area (Å²) in [5.74, 6) is -0.845. The van der Waals surface area contributed by atoms with Gasteiger partial charge >= 0.3 is 5.97 Å². The summed E-state index contributed by atoms with van der Waals surface area (Å²) in [6.07, 6.45) is 3.07. The molecule has 0 aromatic rings. The Morgan fingerprint density at radius 1 is 1.62 bits per heavy atom. The number of hydrogen-bond donors (Lipinski definition) is 0. The first-order chi connectivity index (χ1) is 7.56. The van der Waals surface area contributed by atoms with E-state index in [0.29, 0.717) is 0 Å². The monoisotopic (exact) mass is 223 g/mol. The average molecular weight is 223 g/mol. The maximum atomic E-state index is 10.9. The van der Waals surface area contributed by atoms with E-state index in [1.165, 1.54) is 13.0 Å². The molecule has 0 aromatic heterocycles. The molecule has 0 fully saturated rings. The molecule has 7 nitrogen and oxygen atoms in total. The Labute approximate surface area is 91.5 Å². The van der Waals surface area contributed by atoms with Crippen molar-refractivity contribution in [2.45, 2.75) is 6.92 Å². The Morgan fingerprint density at radius 2 is 2.25 bits per heavy atom. The molecule has 7 heteroatoms. The van der Waals surface area contributed by atoms with Gasteiger partial charge < -0.3 is 4.74 Å². The number of aliphatic imine (C=N–C) groups is 1. The van der Waals surface area contributed by atoms with Gasteiger partial charge in [-0.15, -0.1) is 0 Å². The smallest absolute Gasteiger partial charge is 0.350 e. The second-order valence-electron chi connectivity index (χ2n) is 2.39. The largest absolute Gasteiger partial charge is 0.465 e. The maximum Gasteiger partial charge on any atom is 0.350 e. The molecule has 0 aromatic carbocycles. The molecule has 0 N–H and O–H groups in total. The van der Waals surface area contributed by atoms with Crippen LogP contribution >= 0.6 is 0 Å². The first-order valence-corrected chi connectivity index (χ1v) is 4.09. The summed E-state index contributed by atoms with van der Waals surface area (Å²) in [5.41, 5.74) is -0.573. The number of ether oxygens (including phenoxy) is 1. The third-order valence-corrected chi connectivity index (χ3v) is 1.44. The van der Waals surface area contributed by atoms with Gasteiger partial charge in [0.15, 0.2) is 5.57 Å². The minimum atomic E-state index is -0.845. The van der Waals surface area contributed by atoms with Gasteiger partial charge in [-0.2, -0.15) is 5.26 Å². The molecular formula is C9H9N3O4. The van der Waals surface area contributed by atoms with Gasteiger partial charge in [0.1, 0.15) is 12.3 Å². The summed E-state index contributed by atoms with van der Waals surface area (Å²) in [7, 11) is 1.12. The number of methoxy groups -OCH3 is 1. The Balaban J connectivity index is 4.82. The van der Waals surface area contributed by atoms with Crippen LogP contribution in [0.1, 0.15) is 6.92 Å². The maximum absolute atomic E-state index is 10.9. The fraction of sp³-hybridized carbons (Fsp3) is 0.222. The quantitative estimate of drug-likeness (QED) is 0.175. The van der Waals surface area contributed by atoms with Crippen LogP contribution in [0.15, 0.2) is 28.5 Å². The Kier molecular flexibility index (Phi) is 5.82. The zero-order valence-corrected chi connectivity index (χ0v) is 8.71. The van der Waals surface area contributed by atoms with Crippen molar-refractivity contribution in [3.8, 4) is 6.07 Å². The fourth-order valence-corrected chi connectivity index (χ4v) is 0.652. The number of nitriles is 1. The molecule has 0 aliphatic rings. The van der Waals surface area contributed by atoms with E-state index in [1.54, 1.807) is 6.07 Å². The summed E-state index contributed by atoms with van der Waals surface area (Å²) in [5, 5.41) is 18.9. The van der Waals surface area contributed by atoms with E-state index in [2.05, 4.69) is 9.73 Å². The zero-order chi connectivity index (χ0) is 12.6.